The van der Waals surface area contributed by atoms with Gasteiger partial charge in [-0.25, -0.2) is 0 Å². The molecule has 0 saturated carbocycles. The maximum Gasteiger partial charge on any atom is 0.129 e. The van der Waals surface area contributed by atoms with E-state index in [1.54, 1.807) is 6.92 Å². The van der Waals surface area contributed by atoms with Crippen LogP contribution >= 0.6 is 11.6 Å². The van der Waals surface area contributed by atoms with Crippen LogP contribution in [0.15, 0.2) is 42.5 Å². The lowest BCUT2D eigenvalue weighted by Gasteiger charge is -2.09. The third-order valence-electron chi connectivity index (χ3n) is 2.89. The van der Waals surface area contributed by atoms with Crippen LogP contribution in [-0.2, 0) is 4.79 Å². The molecule has 2 aromatic carbocycles. The summed E-state index contributed by atoms with van der Waals surface area (Å²) < 4.78 is 0. The Bertz CT molecular complexity index is 533. The second-order valence-corrected chi connectivity index (χ2v) is 4.84. The van der Waals surface area contributed by atoms with Gasteiger partial charge in [0.1, 0.15) is 5.78 Å². The van der Waals surface area contributed by atoms with E-state index in [1.165, 1.54) is 10.8 Å². The summed E-state index contributed by atoms with van der Waals surface area (Å²) >= 11 is 6.30. The van der Waals surface area contributed by atoms with Crippen molar-refractivity contribution in [2.75, 3.05) is 0 Å². The summed E-state index contributed by atoms with van der Waals surface area (Å²) in [5.74, 6) is 0.191. The molecule has 0 radical (unpaired) electrons. The molecule has 0 spiro atoms. The third-order valence-corrected chi connectivity index (χ3v) is 3.36. The van der Waals surface area contributed by atoms with Crippen LogP contribution in [0.3, 0.4) is 0 Å². The van der Waals surface area contributed by atoms with Gasteiger partial charge in [-0.15, -0.1) is 11.6 Å². The van der Waals surface area contributed by atoms with Crippen molar-refractivity contribution in [3.8, 4) is 0 Å². The van der Waals surface area contributed by atoms with E-state index in [-0.39, 0.29) is 11.2 Å². The zero-order chi connectivity index (χ0) is 12.3. The van der Waals surface area contributed by atoms with Crippen molar-refractivity contribution >= 4 is 28.2 Å². The predicted molar refractivity (Wildman–Crippen MR) is 72.5 cm³/mol. The Balaban J connectivity index is 2.20. The number of benzene rings is 2. The van der Waals surface area contributed by atoms with Crippen LogP contribution in [0.4, 0.5) is 0 Å². The molecule has 88 valence electrons. The standard InChI is InChI=1S/C15H15ClO/c1-11(17)6-9-15(16)14-8-7-12-4-2-3-5-13(12)10-14/h2-5,7-8,10,15H,6,9H2,1H3. The molecule has 0 aliphatic carbocycles. The van der Waals surface area contributed by atoms with Gasteiger partial charge in [0.05, 0.1) is 5.38 Å². The molecule has 17 heavy (non-hydrogen) atoms. The van der Waals surface area contributed by atoms with E-state index in [9.17, 15) is 4.79 Å². The number of carbonyl (C=O) groups excluding carboxylic acids is 1. The van der Waals surface area contributed by atoms with E-state index in [4.69, 9.17) is 11.6 Å². The van der Waals surface area contributed by atoms with E-state index in [1.807, 2.05) is 18.2 Å². The summed E-state index contributed by atoms with van der Waals surface area (Å²) in [5.41, 5.74) is 1.09. The van der Waals surface area contributed by atoms with Crippen LogP contribution in [0.25, 0.3) is 10.8 Å². The molecule has 0 aliphatic heterocycles. The summed E-state index contributed by atoms with van der Waals surface area (Å²) in [5, 5.41) is 2.33. The number of hydrogen-bond donors (Lipinski definition) is 0. The fraction of sp³-hybridized carbons (Fsp3) is 0.267. The van der Waals surface area contributed by atoms with E-state index >= 15 is 0 Å². The Morgan fingerprint density at radius 3 is 2.59 bits per heavy atom. The fourth-order valence-electron chi connectivity index (χ4n) is 1.90. The van der Waals surface area contributed by atoms with Gasteiger partial charge in [-0.05, 0) is 35.7 Å². The first-order valence-corrected chi connectivity index (χ1v) is 6.22. The molecule has 0 fully saturated rings. The first kappa shape index (κ1) is 12.1. The molecule has 1 nitrogen and oxygen atoms in total. The average molecular weight is 247 g/mol. The topological polar surface area (TPSA) is 17.1 Å². The molecule has 0 saturated heterocycles. The molecule has 2 rings (SSSR count). The van der Waals surface area contributed by atoms with Gasteiger partial charge in [-0.2, -0.15) is 0 Å². The SMILES string of the molecule is CC(=O)CCC(Cl)c1ccc2ccccc2c1. The summed E-state index contributed by atoms with van der Waals surface area (Å²) in [6, 6.07) is 14.4. The minimum absolute atomic E-state index is 0.0801. The van der Waals surface area contributed by atoms with Crippen molar-refractivity contribution in [2.45, 2.75) is 25.1 Å². The molecule has 1 unspecified atom stereocenters. The molecule has 0 heterocycles. The maximum absolute atomic E-state index is 10.9. The molecule has 2 aromatic rings. The van der Waals surface area contributed by atoms with E-state index < -0.39 is 0 Å². The minimum Gasteiger partial charge on any atom is -0.300 e. The predicted octanol–water partition coefficient (Wildman–Crippen LogP) is 4.49. The summed E-state index contributed by atoms with van der Waals surface area (Å²) in [6.45, 7) is 1.60. The van der Waals surface area contributed by atoms with Gasteiger partial charge in [-0.3, -0.25) is 0 Å². The molecule has 1 atom stereocenters. The lowest BCUT2D eigenvalue weighted by atomic mass is 10.0. The smallest absolute Gasteiger partial charge is 0.129 e. The van der Waals surface area contributed by atoms with E-state index in [0.29, 0.717) is 12.8 Å². The fourth-order valence-corrected chi connectivity index (χ4v) is 2.14. The van der Waals surface area contributed by atoms with Crippen molar-refractivity contribution in [3.63, 3.8) is 0 Å². The normalized spacial score (nSPS) is 12.6. The van der Waals surface area contributed by atoms with Crippen molar-refractivity contribution < 1.29 is 4.79 Å². The summed E-state index contributed by atoms with van der Waals surface area (Å²) in [4.78, 5) is 10.9. The second kappa shape index (κ2) is 5.33. The van der Waals surface area contributed by atoms with Crippen LogP contribution in [-0.4, -0.2) is 5.78 Å². The monoisotopic (exact) mass is 246 g/mol. The highest BCUT2D eigenvalue weighted by molar-refractivity contribution is 6.21. The highest BCUT2D eigenvalue weighted by Crippen LogP contribution is 2.28. The summed E-state index contributed by atoms with van der Waals surface area (Å²) in [6.07, 6.45) is 1.25. The second-order valence-electron chi connectivity index (χ2n) is 4.31. The molecular formula is C15H15ClO. The van der Waals surface area contributed by atoms with Gasteiger partial charge in [0, 0.05) is 6.42 Å². The quantitative estimate of drug-likeness (QED) is 0.727. The summed E-state index contributed by atoms with van der Waals surface area (Å²) in [7, 11) is 0. The molecule has 2 heteroatoms. The zero-order valence-corrected chi connectivity index (χ0v) is 10.6. The van der Waals surface area contributed by atoms with Crippen LogP contribution in [0.1, 0.15) is 30.7 Å². The number of alkyl halides is 1. The highest BCUT2D eigenvalue weighted by Gasteiger charge is 2.09. The molecule has 0 amide bonds. The van der Waals surface area contributed by atoms with Gasteiger partial charge < -0.3 is 4.79 Å². The maximum atomic E-state index is 10.9. The van der Waals surface area contributed by atoms with Gasteiger partial charge in [0.2, 0.25) is 0 Å². The molecule has 0 aliphatic rings. The Labute approximate surface area is 106 Å². The van der Waals surface area contributed by atoms with Crippen molar-refractivity contribution in [1.29, 1.82) is 0 Å². The van der Waals surface area contributed by atoms with Crippen molar-refractivity contribution in [3.05, 3.63) is 48.0 Å². The number of hydrogen-bond acceptors (Lipinski definition) is 1. The number of rotatable bonds is 4. The Morgan fingerprint density at radius 1 is 1.18 bits per heavy atom. The molecular weight excluding hydrogens is 232 g/mol. The van der Waals surface area contributed by atoms with Crippen molar-refractivity contribution in [2.24, 2.45) is 0 Å². The van der Waals surface area contributed by atoms with Gasteiger partial charge >= 0.3 is 0 Å². The minimum atomic E-state index is -0.0801. The van der Waals surface area contributed by atoms with Crippen LogP contribution in [0.2, 0.25) is 0 Å². The van der Waals surface area contributed by atoms with Crippen molar-refractivity contribution in [1.82, 2.24) is 0 Å². The number of fused-ring (bicyclic) bond motifs is 1. The number of ketones is 1. The van der Waals surface area contributed by atoms with E-state index in [0.717, 1.165) is 5.56 Å². The lowest BCUT2D eigenvalue weighted by molar-refractivity contribution is -0.117. The molecule has 0 N–H and O–H groups in total. The van der Waals surface area contributed by atoms with Gasteiger partial charge in [-0.1, -0.05) is 36.4 Å². The van der Waals surface area contributed by atoms with Gasteiger partial charge in [0.15, 0.2) is 0 Å². The van der Waals surface area contributed by atoms with Crippen LogP contribution < -0.4 is 0 Å². The Hall–Kier alpha value is -1.34. The first-order chi connectivity index (χ1) is 8.16. The molecule has 0 bridgehead atoms. The Kier molecular flexibility index (Phi) is 3.80. The van der Waals surface area contributed by atoms with E-state index in [2.05, 4.69) is 24.3 Å². The number of halogens is 1. The third kappa shape index (κ3) is 3.07. The van der Waals surface area contributed by atoms with Crippen LogP contribution in [0.5, 0.6) is 0 Å². The number of carbonyl (C=O) groups is 1. The highest BCUT2D eigenvalue weighted by atomic mass is 35.5. The molecule has 0 aromatic heterocycles. The van der Waals surface area contributed by atoms with Gasteiger partial charge in [0.25, 0.3) is 0 Å². The zero-order valence-electron chi connectivity index (χ0n) is 9.82. The average Bonchev–Trinajstić information content (AvgIpc) is 2.35. The van der Waals surface area contributed by atoms with Crippen LogP contribution in [0, 0.1) is 0 Å². The first-order valence-electron chi connectivity index (χ1n) is 5.79. The Morgan fingerprint density at radius 2 is 1.88 bits per heavy atom. The largest absolute Gasteiger partial charge is 0.300 e. The lowest BCUT2D eigenvalue weighted by Crippen LogP contribution is -1.95. The number of Topliss-reactive ketones (excluding diaryl/α,β-unsaturated/α-hetero) is 1.